The van der Waals surface area contributed by atoms with Gasteiger partial charge in [0.1, 0.15) is 5.82 Å². The number of nitrogens with one attached hydrogen (secondary N) is 2. The van der Waals surface area contributed by atoms with Gasteiger partial charge in [0.25, 0.3) is 5.91 Å². The third-order valence-electron chi connectivity index (χ3n) is 2.96. The van der Waals surface area contributed by atoms with Crippen LogP contribution in [0.25, 0.3) is 0 Å². The molecule has 0 aromatic heterocycles. The Morgan fingerprint density at radius 1 is 1.15 bits per heavy atom. The fourth-order valence-electron chi connectivity index (χ4n) is 1.93. The Bertz CT molecular complexity index is 608. The van der Waals surface area contributed by atoms with Crippen LogP contribution < -0.4 is 10.6 Å². The fourth-order valence-corrected chi connectivity index (χ4v) is 1.93. The van der Waals surface area contributed by atoms with Crippen LogP contribution in [0.5, 0.6) is 0 Å². The number of benzene rings is 2. The monoisotopic (exact) mass is 272 g/mol. The van der Waals surface area contributed by atoms with E-state index >= 15 is 0 Å². The van der Waals surface area contributed by atoms with Gasteiger partial charge in [0.15, 0.2) is 0 Å². The van der Waals surface area contributed by atoms with Crippen LogP contribution in [-0.2, 0) is 0 Å². The number of amides is 1. The highest BCUT2D eigenvalue weighted by Crippen LogP contribution is 2.17. The highest BCUT2D eigenvalue weighted by Gasteiger charge is 2.08. The first-order chi connectivity index (χ1) is 9.60. The maximum atomic E-state index is 12.8. The standard InChI is InChI=1S/C16H17FN2O/c1-3-18-15-9-4-12(10-11(15)2)16(20)19-14-7-5-13(17)6-8-14/h4-10,18H,3H2,1-2H3,(H,19,20). The van der Waals surface area contributed by atoms with Gasteiger partial charge < -0.3 is 10.6 Å². The molecule has 0 atom stereocenters. The summed E-state index contributed by atoms with van der Waals surface area (Å²) in [4.78, 5) is 12.1. The Balaban J connectivity index is 2.13. The Hall–Kier alpha value is -2.36. The van der Waals surface area contributed by atoms with E-state index in [2.05, 4.69) is 10.6 Å². The second kappa shape index (κ2) is 6.19. The second-order valence-corrected chi connectivity index (χ2v) is 4.52. The van der Waals surface area contributed by atoms with Crippen molar-refractivity contribution in [3.8, 4) is 0 Å². The van der Waals surface area contributed by atoms with E-state index in [0.29, 0.717) is 11.3 Å². The zero-order chi connectivity index (χ0) is 14.5. The lowest BCUT2D eigenvalue weighted by Gasteiger charge is -2.10. The largest absolute Gasteiger partial charge is 0.385 e. The average molecular weight is 272 g/mol. The molecule has 0 aliphatic rings. The van der Waals surface area contributed by atoms with E-state index in [4.69, 9.17) is 0 Å². The molecular formula is C16H17FN2O. The molecule has 4 heteroatoms. The van der Waals surface area contributed by atoms with Crippen LogP contribution in [0.2, 0.25) is 0 Å². The molecule has 0 heterocycles. The van der Waals surface area contributed by atoms with Gasteiger partial charge >= 0.3 is 0 Å². The lowest BCUT2D eigenvalue weighted by molar-refractivity contribution is 0.102. The second-order valence-electron chi connectivity index (χ2n) is 4.52. The van der Waals surface area contributed by atoms with Crippen molar-refractivity contribution in [2.24, 2.45) is 0 Å². The SMILES string of the molecule is CCNc1ccc(C(=O)Nc2ccc(F)cc2)cc1C. The van der Waals surface area contributed by atoms with Gasteiger partial charge in [0.2, 0.25) is 0 Å². The molecule has 3 nitrogen and oxygen atoms in total. The van der Waals surface area contributed by atoms with E-state index in [1.165, 1.54) is 24.3 Å². The molecule has 0 spiro atoms. The van der Waals surface area contributed by atoms with Gasteiger partial charge in [-0.3, -0.25) is 4.79 Å². The summed E-state index contributed by atoms with van der Waals surface area (Å²) in [6.07, 6.45) is 0. The molecule has 0 bridgehead atoms. The van der Waals surface area contributed by atoms with Crippen molar-refractivity contribution in [1.29, 1.82) is 0 Å². The third kappa shape index (κ3) is 3.35. The first kappa shape index (κ1) is 14.1. The van der Waals surface area contributed by atoms with Crippen LogP contribution in [0.15, 0.2) is 42.5 Å². The van der Waals surface area contributed by atoms with E-state index in [9.17, 15) is 9.18 Å². The molecule has 0 saturated heterocycles. The van der Waals surface area contributed by atoms with Gasteiger partial charge in [0, 0.05) is 23.5 Å². The van der Waals surface area contributed by atoms with Gasteiger partial charge in [-0.2, -0.15) is 0 Å². The van der Waals surface area contributed by atoms with Crippen molar-refractivity contribution >= 4 is 17.3 Å². The van der Waals surface area contributed by atoms with Crippen LogP contribution in [0, 0.1) is 12.7 Å². The first-order valence-corrected chi connectivity index (χ1v) is 6.51. The molecule has 2 aromatic carbocycles. The molecule has 0 aliphatic carbocycles. The maximum Gasteiger partial charge on any atom is 0.255 e. The van der Waals surface area contributed by atoms with E-state index in [-0.39, 0.29) is 11.7 Å². The molecule has 0 fully saturated rings. The summed E-state index contributed by atoms with van der Waals surface area (Å²) in [5.41, 5.74) is 3.18. The molecule has 0 unspecified atom stereocenters. The van der Waals surface area contributed by atoms with Crippen molar-refractivity contribution in [1.82, 2.24) is 0 Å². The maximum absolute atomic E-state index is 12.8. The molecule has 0 aliphatic heterocycles. The number of rotatable bonds is 4. The highest BCUT2D eigenvalue weighted by molar-refractivity contribution is 6.04. The zero-order valence-electron chi connectivity index (χ0n) is 11.5. The summed E-state index contributed by atoms with van der Waals surface area (Å²) < 4.78 is 12.8. The molecule has 20 heavy (non-hydrogen) atoms. The van der Waals surface area contributed by atoms with Gasteiger partial charge in [-0.25, -0.2) is 4.39 Å². The molecule has 2 aromatic rings. The smallest absolute Gasteiger partial charge is 0.255 e. The average Bonchev–Trinajstić information content (AvgIpc) is 2.44. The van der Waals surface area contributed by atoms with E-state index < -0.39 is 0 Å². The first-order valence-electron chi connectivity index (χ1n) is 6.51. The van der Waals surface area contributed by atoms with Crippen LogP contribution in [-0.4, -0.2) is 12.5 Å². The number of hydrogen-bond acceptors (Lipinski definition) is 2. The number of anilines is 2. The minimum Gasteiger partial charge on any atom is -0.385 e. The molecule has 2 N–H and O–H groups in total. The number of halogens is 1. The van der Waals surface area contributed by atoms with Crippen LogP contribution in [0.4, 0.5) is 15.8 Å². The molecule has 104 valence electrons. The summed E-state index contributed by atoms with van der Waals surface area (Å²) in [5.74, 6) is -0.531. The summed E-state index contributed by atoms with van der Waals surface area (Å²) in [6.45, 7) is 4.81. The molecule has 0 saturated carbocycles. The normalized spacial score (nSPS) is 10.2. The van der Waals surface area contributed by atoms with Gasteiger partial charge in [0.05, 0.1) is 0 Å². The van der Waals surface area contributed by atoms with Crippen LogP contribution in [0.1, 0.15) is 22.8 Å². The van der Waals surface area contributed by atoms with Crippen molar-refractivity contribution in [2.75, 3.05) is 17.2 Å². The van der Waals surface area contributed by atoms with Crippen molar-refractivity contribution in [3.63, 3.8) is 0 Å². The van der Waals surface area contributed by atoms with Crippen molar-refractivity contribution in [2.45, 2.75) is 13.8 Å². The quantitative estimate of drug-likeness (QED) is 0.888. The Kier molecular flexibility index (Phi) is 4.35. The number of carbonyl (C=O) groups is 1. The lowest BCUT2D eigenvalue weighted by atomic mass is 10.1. The zero-order valence-corrected chi connectivity index (χ0v) is 11.5. The Labute approximate surface area is 117 Å². The molecule has 0 radical (unpaired) electrons. The summed E-state index contributed by atoms with van der Waals surface area (Å²) in [6, 6.07) is 11.2. The van der Waals surface area contributed by atoms with E-state index in [1.807, 2.05) is 26.0 Å². The lowest BCUT2D eigenvalue weighted by Crippen LogP contribution is -2.12. The number of hydrogen-bond donors (Lipinski definition) is 2. The fraction of sp³-hybridized carbons (Fsp3) is 0.188. The Morgan fingerprint density at radius 3 is 2.45 bits per heavy atom. The van der Waals surface area contributed by atoms with E-state index in [0.717, 1.165) is 17.8 Å². The van der Waals surface area contributed by atoms with E-state index in [1.54, 1.807) is 6.07 Å². The summed E-state index contributed by atoms with van der Waals surface area (Å²) in [7, 11) is 0. The van der Waals surface area contributed by atoms with Crippen molar-refractivity contribution in [3.05, 3.63) is 59.4 Å². The van der Waals surface area contributed by atoms with Gasteiger partial charge in [-0.15, -0.1) is 0 Å². The minimum atomic E-state index is -0.325. The van der Waals surface area contributed by atoms with Crippen molar-refractivity contribution < 1.29 is 9.18 Å². The van der Waals surface area contributed by atoms with Crippen LogP contribution in [0.3, 0.4) is 0 Å². The third-order valence-corrected chi connectivity index (χ3v) is 2.96. The number of carbonyl (C=O) groups excluding carboxylic acids is 1. The molecule has 2 rings (SSSR count). The molecule has 1 amide bonds. The predicted molar refractivity (Wildman–Crippen MR) is 79.7 cm³/mol. The summed E-state index contributed by atoms with van der Waals surface area (Å²) in [5, 5.41) is 5.96. The predicted octanol–water partition coefficient (Wildman–Crippen LogP) is 3.82. The van der Waals surface area contributed by atoms with Gasteiger partial charge in [-0.05, 0) is 61.9 Å². The van der Waals surface area contributed by atoms with Gasteiger partial charge in [-0.1, -0.05) is 0 Å². The summed E-state index contributed by atoms with van der Waals surface area (Å²) >= 11 is 0. The molecular weight excluding hydrogens is 255 g/mol. The topological polar surface area (TPSA) is 41.1 Å². The number of aryl methyl sites for hydroxylation is 1. The Morgan fingerprint density at radius 2 is 1.85 bits per heavy atom. The minimum absolute atomic E-state index is 0.206. The highest BCUT2D eigenvalue weighted by atomic mass is 19.1. The van der Waals surface area contributed by atoms with Crippen LogP contribution >= 0.6 is 0 Å².